The molecular formula is C27H24Cl2N2O4S. The van der Waals surface area contributed by atoms with Crippen molar-refractivity contribution in [1.82, 2.24) is 4.98 Å². The number of hydrogen-bond acceptors (Lipinski definition) is 7. The van der Waals surface area contributed by atoms with Crippen molar-refractivity contribution < 1.29 is 19.0 Å². The molecule has 36 heavy (non-hydrogen) atoms. The minimum absolute atomic E-state index is 0.0799. The normalized spacial score (nSPS) is 12.4. The number of aromatic nitrogens is 1. The molecule has 4 rings (SSSR count). The molecule has 0 spiro atoms. The molecule has 0 bridgehead atoms. The molecule has 0 unspecified atom stereocenters. The highest BCUT2D eigenvalue weighted by Crippen LogP contribution is 2.44. The lowest BCUT2D eigenvalue weighted by Gasteiger charge is -2.23. The predicted octanol–water partition coefficient (Wildman–Crippen LogP) is 6.81. The van der Waals surface area contributed by atoms with E-state index in [4.69, 9.17) is 42.4 Å². The first kappa shape index (κ1) is 26.2. The van der Waals surface area contributed by atoms with Gasteiger partial charge in [-0.15, -0.1) is 0 Å². The third-order valence-electron chi connectivity index (χ3n) is 6.10. The van der Waals surface area contributed by atoms with Gasteiger partial charge < -0.3 is 14.2 Å². The number of carbonyl (C=O) groups is 1. The summed E-state index contributed by atoms with van der Waals surface area (Å²) in [6, 6.07) is 10.8. The number of fused-ring (bicyclic) bond motifs is 1. The lowest BCUT2D eigenvalue weighted by atomic mass is 9.86. The zero-order chi connectivity index (χ0) is 25.8. The van der Waals surface area contributed by atoms with Gasteiger partial charge in [-0.05, 0) is 67.1 Å². The van der Waals surface area contributed by atoms with Crippen LogP contribution in [-0.2, 0) is 12.8 Å². The summed E-state index contributed by atoms with van der Waals surface area (Å²) in [6.45, 7) is 0. The summed E-state index contributed by atoms with van der Waals surface area (Å²) in [5, 5.41) is 11.3. The molecule has 3 aromatic rings. The summed E-state index contributed by atoms with van der Waals surface area (Å²) in [7, 11) is 4.69. The van der Waals surface area contributed by atoms with Gasteiger partial charge in [-0.2, -0.15) is 5.26 Å². The van der Waals surface area contributed by atoms with Crippen LogP contribution < -0.4 is 14.2 Å². The average Bonchev–Trinajstić information content (AvgIpc) is 2.90. The number of pyridine rings is 1. The average molecular weight is 543 g/mol. The second kappa shape index (κ2) is 11.4. The molecule has 0 fully saturated rings. The van der Waals surface area contributed by atoms with Gasteiger partial charge in [0.1, 0.15) is 11.1 Å². The van der Waals surface area contributed by atoms with Gasteiger partial charge in [0.2, 0.25) is 5.75 Å². The van der Waals surface area contributed by atoms with Gasteiger partial charge in [-0.3, -0.25) is 4.79 Å². The lowest BCUT2D eigenvalue weighted by Crippen LogP contribution is -2.12. The highest BCUT2D eigenvalue weighted by atomic mass is 35.5. The maximum atomic E-state index is 12.9. The Kier molecular flexibility index (Phi) is 8.30. The minimum atomic E-state index is -0.167. The third kappa shape index (κ3) is 5.12. The second-order valence-electron chi connectivity index (χ2n) is 8.17. The van der Waals surface area contributed by atoms with Crippen LogP contribution in [-0.4, -0.2) is 37.8 Å². The summed E-state index contributed by atoms with van der Waals surface area (Å²) in [6.07, 6.45) is 3.59. The Balaban J connectivity index is 1.79. The van der Waals surface area contributed by atoms with Crippen LogP contribution in [0.15, 0.2) is 35.4 Å². The number of halogens is 2. The standard InChI is InChI=1S/C27H24Cl2N2O4S/c1-33-23-10-15(11-24(34-2)26(23)35-3)25-18-7-5-4-6-17(18)20(13-30)27(31-25)36-14-22(32)19-9-8-16(28)12-21(19)29/h8-12H,4-7,14H2,1-3H3. The van der Waals surface area contributed by atoms with Crippen molar-refractivity contribution in [2.45, 2.75) is 30.7 Å². The summed E-state index contributed by atoms with van der Waals surface area (Å²) in [5.41, 5.74) is 4.49. The third-order valence-corrected chi connectivity index (χ3v) is 7.63. The molecule has 9 heteroatoms. The Morgan fingerprint density at radius 1 is 1.03 bits per heavy atom. The number of thioether (sulfide) groups is 1. The number of ether oxygens (including phenoxy) is 3. The molecule has 1 aliphatic carbocycles. The Morgan fingerprint density at radius 3 is 2.28 bits per heavy atom. The molecule has 1 aromatic heterocycles. The van der Waals surface area contributed by atoms with Gasteiger partial charge in [0.25, 0.3) is 0 Å². The van der Waals surface area contributed by atoms with Crippen molar-refractivity contribution >= 4 is 40.7 Å². The number of methoxy groups -OCH3 is 3. The first-order chi connectivity index (χ1) is 17.4. The first-order valence-electron chi connectivity index (χ1n) is 11.3. The van der Waals surface area contributed by atoms with Crippen molar-refractivity contribution in [3.8, 4) is 34.6 Å². The number of nitrogens with zero attached hydrogens (tertiary/aromatic N) is 2. The first-order valence-corrected chi connectivity index (χ1v) is 13.0. The van der Waals surface area contributed by atoms with E-state index < -0.39 is 0 Å². The second-order valence-corrected chi connectivity index (χ2v) is 9.97. The predicted molar refractivity (Wildman–Crippen MR) is 142 cm³/mol. The zero-order valence-corrected chi connectivity index (χ0v) is 22.4. The largest absolute Gasteiger partial charge is 0.493 e. The Bertz CT molecular complexity index is 1350. The van der Waals surface area contributed by atoms with Crippen LogP contribution in [0.1, 0.15) is 39.9 Å². The summed E-state index contributed by atoms with van der Waals surface area (Å²) in [4.78, 5) is 17.8. The van der Waals surface area contributed by atoms with Gasteiger partial charge >= 0.3 is 0 Å². The van der Waals surface area contributed by atoms with Gasteiger partial charge in [-0.1, -0.05) is 35.0 Å². The van der Waals surface area contributed by atoms with E-state index in [1.54, 1.807) is 39.5 Å². The van der Waals surface area contributed by atoms with Crippen LogP contribution in [0, 0.1) is 11.3 Å². The number of benzene rings is 2. The lowest BCUT2D eigenvalue weighted by molar-refractivity contribution is 0.102. The Morgan fingerprint density at radius 2 is 1.69 bits per heavy atom. The van der Waals surface area contributed by atoms with E-state index in [-0.39, 0.29) is 11.5 Å². The topological polar surface area (TPSA) is 81.4 Å². The maximum absolute atomic E-state index is 12.9. The highest BCUT2D eigenvalue weighted by Gasteiger charge is 2.25. The van der Waals surface area contributed by atoms with Crippen molar-refractivity contribution in [3.63, 3.8) is 0 Å². The van der Waals surface area contributed by atoms with Gasteiger partial charge in [0, 0.05) is 16.1 Å². The Hall–Kier alpha value is -2.92. The molecule has 0 aliphatic heterocycles. The van der Waals surface area contributed by atoms with E-state index in [1.807, 2.05) is 12.1 Å². The SMILES string of the molecule is COc1cc(-c2nc(SCC(=O)c3ccc(Cl)cc3Cl)c(C#N)c3c2CCCC3)cc(OC)c1OC. The van der Waals surface area contributed by atoms with Crippen molar-refractivity contribution in [3.05, 3.63) is 62.6 Å². The quantitative estimate of drug-likeness (QED) is 0.228. The Labute approximate surface area is 224 Å². The number of hydrogen-bond donors (Lipinski definition) is 0. The van der Waals surface area contributed by atoms with Gasteiger partial charge in [0.05, 0.1) is 43.4 Å². The molecule has 186 valence electrons. The molecule has 6 nitrogen and oxygen atoms in total. The number of rotatable bonds is 8. The van der Waals surface area contributed by atoms with Gasteiger partial charge in [0.15, 0.2) is 17.3 Å². The van der Waals surface area contributed by atoms with E-state index in [0.717, 1.165) is 48.1 Å². The van der Waals surface area contributed by atoms with Gasteiger partial charge in [-0.25, -0.2) is 4.98 Å². The fraction of sp³-hybridized carbons (Fsp3) is 0.296. The van der Waals surface area contributed by atoms with E-state index >= 15 is 0 Å². The maximum Gasteiger partial charge on any atom is 0.203 e. The number of nitriles is 1. The molecule has 0 saturated carbocycles. The summed E-state index contributed by atoms with van der Waals surface area (Å²) in [5.74, 6) is 1.44. The van der Waals surface area contributed by atoms with E-state index in [1.165, 1.54) is 11.8 Å². The van der Waals surface area contributed by atoms with Crippen LogP contribution in [0.5, 0.6) is 17.2 Å². The summed E-state index contributed by atoms with van der Waals surface area (Å²) >= 11 is 13.4. The van der Waals surface area contributed by atoms with Crippen molar-refractivity contribution in [1.29, 1.82) is 5.26 Å². The van der Waals surface area contributed by atoms with E-state index in [2.05, 4.69) is 6.07 Å². The van der Waals surface area contributed by atoms with Crippen LogP contribution in [0.4, 0.5) is 0 Å². The number of Topliss-reactive ketones (excluding diaryl/α,β-unsaturated/α-hetero) is 1. The fourth-order valence-electron chi connectivity index (χ4n) is 4.40. The number of carbonyl (C=O) groups excluding carboxylic acids is 1. The van der Waals surface area contributed by atoms with Crippen LogP contribution in [0.2, 0.25) is 10.0 Å². The molecule has 0 saturated heterocycles. The molecular weight excluding hydrogens is 519 g/mol. The van der Waals surface area contributed by atoms with E-state index in [0.29, 0.717) is 43.4 Å². The zero-order valence-electron chi connectivity index (χ0n) is 20.1. The smallest absolute Gasteiger partial charge is 0.203 e. The van der Waals surface area contributed by atoms with E-state index in [9.17, 15) is 10.1 Å². The fourth-order valence-corrected chi connectivity index (χ4v) is 5.81. The summed E-state index contributed by atoms with van der Waals surface area (Å²) < 4.78 is 16.6. The molecule has 0 atom stereocenters. The molecule has 0 radical (unpaired) electrons. The van der Waals surface area contributed by atoms with Crippen molar-refractivity contribution in [2.24, 2.45) is 0 Å². The van der Waals surface area contributed by atoms with Crippen LogP contribution >= 0.6 is 35.0 Å². The van der Waals surface area contributed by atoms with Crippen LogP contribution in [0.25, 0.3) is 11.3 Å². The molecule has 0 amide bonds. The van der Waals surface area contributed by atoms with Crippen molar-refractivity contribution in [2.75, 3.05) is 27.1 Å². The molecule has 1 aliphatic rings. The highest BCUT2D eigenvalue weighted by molar-refractivity contribution is 8.00. The molecule has 1 heterocycles. The number of ketones is 1. The monoisotopic (exact) mass is 542 g/mol. The minimum Gasteiger partial charge on any atom is -0.493 e. The molecule has 2 aromatic carbocycles. The van der Waals surface area contributed by atoms with Crippen LogP contribution in [0.3, 0.4) is 0 Å². The molecule has 0 N–H and O–H groups in total.